The number of hydrogen-bond acceptors (Lipinski definition) is 4. The third-order valence-electron chi connectivity index (χ3n) is 4.21. The summed E-state index contributed by atoms with van der Waals surface area (Å²) in [5.41, 5.74) is 8.65. The predicted octanol–water partition coefficient (Wildman–Crippen LogP) is 5.75. The van der Waals surface area contributed by atoms with E-state index in [4.69, 9.17) is 0 Å². The summed E-state index contributed by atoms with van der Waals surface area (Å²) in [4.78, 5) is 4.53. The number of nitrogens with one attached hydrogen (secondary N) is 1. The maximum absolute atomic E-state index is 4.53. The molecule has 0 saturated carbocycles. The van der Waals surface area contributed by atoms with Crippen LogP contribution in [-0.4, -0.2) is 15.8 Å². The lowest BCUT2D eigenvalue weighted by Crippen LogP contribution is -1.99. The number of anilines is 1. The number of thiazole rings is 1. The topological polar surface area (TPSA) is 42.2 Å². The van der Waals surface area contributed by atoms with Crippen LogP contribution in [0, 0.1) is 17.4 Å². The fourth-order valence-corrected chi connectivity index (χ4v) is 4.16. The molecule has 0 aliphatic rings. The van der Waals surface area contributed by atoms with E-state index in [9.17, 15) is 0 Å². The van der Waals surface area contributed by atoms with Crippen LogP contribution in [0.1, 0.15) is 17.0 Å². The van der Waals surface area contributed by atoms with E-state index in [1.807, 2.05) is 24.4 Å². The SMILES string of the molecule is Cc1cc(/C=N\Nc2nc3ccccc3s2)c(C)n1-c1ccc(I)cc1. The van der Waals surface area contributed by atoms with Gasteiger partial charge in [-0.25, -0.2) is 4.98 Å². The summed E-state index contributed by atoms with van der Waals surface area (Å²) in [7, 11) is 0. The van der Waals surface area contributed by atoms with Crippen LogP contribution < -0.4 is 5.43 Å². The molecule has 0 atom stereocenters. The summed E-state index contributed by atoms with van der Waals surface area (Å²) in [6.07, 6.45) is 1.86. The first-order valence-corrected chi connectivity index (χ1v) is 10.1. The molecule has 0 aliphatic carbocycles. The largest absolute Gasteiger partial charge is 0.318 e. The zero-order valence-corrected chi connectivity index (χ0v) is 17.4. The van der Waals surface area contributed by atoms with Crippen molar-refractivity contribution in [2.24, 2.45) is 5.10 Å². The summed E-state index contributed by atoms with van der Waals surface area (Å²) in [6.45, 7) is 4.23. The third kappa shape index (κ3) is 3.39. The van der Waals surface area contributed by atoms with Crippen molar-refractivity contribution in [2.45, 2.75) is 13.8 Å². The molecule has 2 aromatic carbocycles. The van der Waals surface area contributed by atoms with Crippen LogP contribution in [0.15, 0.2) is 59.7 Å². The Kier molecular flexibility index (Phi) is 4.78. The van der Waals surface area contributed by atoms with Gasteiger partial charge in [0.2, 0.25) is 5.13 Å². The highest BCUT2D eigenvalue weighted by atomic mass is 127. The molecule has 6 heteroatoms. The van der Waals surface area contributed by atoms with E-state index in [1.54, 1.807) is 11.3 Å². The Morgan fingerprint density at radius 1 is 1.12 bits per heavy atom. The first-order valence-electron chi connectivity index (χ1n) is 8.21. The van der Waals surface area contributed by atoms with Crippen LogP contribution in [0.2, 0.25) is 0 Å². The maximum Gasteiger partial charge on any atom is 0.204 e. The van der Waals surface area contributed by atoms with Crippen LogP contribution in [-0.2, 0) is 0 Å². The minimum Gasteiger partial charge on any atom is -0.318 e. The number of fused-ring (bicyclic) bond motifs is 1. The van der Waals surface area contributed by atoms with E-state index < -0.39 is 0 Å². The van der Waals surface area contributed by atoms with Crippen molar-refractivity contribution >= 4 is 55.5 Å². The Morgan fingerprint density at radius 3 is 2.65 bits per heavy atom. The second kappa shape index (κ2) is 7.20. The van der Waals surface area contributed by atoms with Gasteiger partial charge in [-0.3, -0.25) is 5.43 Å². The number of hydrogen-bond donors (Lipinski definition) is 1. The van der Waals surface area contributed by atoms with Crippen molar-refractivity contribution in [1.29, 1.82) is 0 Å². The van der Waals surface area contributed by atoms with Crippen molar-refractivity contribution in [3.05, 3.63) is 75.1 Å². The van der Waals surface area contributed by atoms with Crippen molar-refractivity contribution in [2.75, 3.05) is 5.43 Å². The molecule has 0 spiro atoms. The van der Waals surface area contributed by atoms with E-state index in [2.05, 4.69) is 92.9 Å². The fourth-order valence-electron chi connectivity index (χ4n) is 2.98. The van der Waals surface area contributed by atoms with Crippen LogP contribution >= 0.6 is 33.9 Å². The van der Waals surface area contributed by atoms with Gasteiger partial charge in [0.05, 0.1) is 16.4 Å². The first kappa shape index (κ1) is 17.2. The summed E-state index contributed by atoms with van der Waals surface area (Å²) in [6, 6.07) is 18.8. The Balaban J connectivity index is 1.57. The van der Waals surface area contributed by atoms with Crippen LogP contribution in [0.5, 0.6) is 0 Å². The van der Waals surface area contributed by atoms with Gasteiger partial charge in [0.1, 0.15) is 0 Å². The Hall–Kier alpha value is -2.19. The molecule has 2 heterocycles. The zero-order chi connectivity index (χ0) is 18.1. The van der Waals surface area contributed by atoms with Crippen molar-refractivity contribution in [3.8, 4) is 5.69 Å². The molecular formula is C20H17IN4S. The van der Waals surface area contributed by atoms with Gasteiger partial charge < -0.3 is 4.57 Å². The number of aromatic nitrogens is 2. The van der Waals surface area contributed by atoms with Crippen molar-refractivity contribution < 1.29 is 0 Å². The van der Waals surface area contributed by atoms with E-state index in [1.165, 1.54) is 20.6 Å². The fraction of sp³-hybridized carbons (Fsp3) is 0.100. The summed E-state index contributed by atoms with van der Waals surface area (Å²) < 4.78 is 4.63. The molecule has 0 unspecified atom stereocenters. The van der Waals surface area contributed by atoms with E-state index in [0.29, 0.717) is 0 Å². The molecule has 1 N–H and O–H groups in total. The molecule has 0 bridgehead atoms. The number of aryl methyl sites for hydroxylation is 1. The second-order valence-corrected chi connectivity index (χ2v) is 8.27. The minimum atomic E-state index is 0.800. The summed E-state index contributed by atoms with van der Waals surface area (Å²) in [5, 5.41) is 5.19. The molecule has 130 valence electrons. The lowest BCUT2D eigenvalue weighted by molar-refractivity contribution is 0.964. The molecule has 0 aliphatic heterocycles. The van der Waals surface area contributed by atoms with Gasteiger partial charge in [0.15, 0.2) is 0 Å². The highest BCUT2D eigenvalue weighted by molar-refractivity contribution is 14.1. The third-order valence-corrected chi connectivity index (χ3v) is 5.87. The van der Waals surface area contributed by atoms with E-state index in [0.717, 1.165) is 20.9 Å². The van der Waals surface area contributed by atoms with Gasteiger partial charge in [-0.1, -0.05) is 23.5 Å². The molecule has 2 aromatic heterocycles. The van der Waals surface area contributed by atoms with Gasteiger partial charge in [-0.05, 0) is 78.9 Å². The predicted molar refractivity (Wildman–Crippen MR) is 119 cm³/mol. The van der Waals surface area contributed by atoms with E-state index >= 15 is 0 Å². The normalized spacial score (nSPS) is 11.5. The summed E-state index contributed by atoms with van der Waals surface area (Å²) >= 11 is 3.92. The molecule has 4 nitrogen and oxygen atoms in total. The van der Waals surface area contributed by atoms with Crippen LogP contribution in [0.25, 0.3) is 15.9 Å². The monoisotopic (exact) mass is 472 g/mol. The second-order valence-electron chi connectivity index (χ2n) is 6.00. The molecular weight excluding hydrogens is 455 g/mol. The van der Waals surface area contributed by atoms with Crippen molar-refractivity contribution in [1.82, 2.24) is 9.55 Å². The highest BCUT2D eigenvalue weighted by Gasteiger charge is 2.09. The number of para-hydroxylation sites is 1. The molecule has 0 amide bonds. The average Bonchev–Trinajstić information content (AvgIpc) is 3.17. The molecule has 0 saturated heterocycles. The van der Waals surface area contributed by atoms with Gasteiger partial charge in [0, 0.05) is 26.2 Å². The number of halogens is 1. The molecule has 0 fully saturated rings. The standard InChI is InChI=1S/C20H17IN4S/c1-13-11-15(14(2)25(13)17-9-7-16(21)8-10-17)12-22-24-20-23-18-5-3-4-6-19(18)26-20/h3-12H,1-2H3,(H,23,24)/b22-12-. The van der Waals surface area contributed by atoms with Crippen molar-refractivity contribution in [3.63, 3.8) is 0 Å². The van der Waals surface area contributed by atoms with Gasteiger partial charge in [-0.15, -0.1) is 0 Å². The molecule has 26 heavy (non-hydrogen) atoms. The smallest absolute Gasteiger partial charge is 0.204 e. The first-order chi connectivity index (χ1) is 12.6. The highest BCUT2D eigenvalue weighted by Crippen LogP contribution is 2.25. The average molecular weight is 472 g/mol. The lowest BCUT2D eigenvalue weighted by atomic mass is 10.2. The van der Waals surface area contributed by atoms with Crippen LogP contribution in [0.4, 0.5) is 5.13 Å². The molecule has 0 radical (unpaired) electrons. The maximum atomic E-state index is 4.53. The van der Waals surface area contributed by atoms with Crippen LogP contribution in [0.3, 0.4) is 0 Å². The minimum absolute atomic E-state index is 0.800. The zero-order valence-electron chi connectivity index (χ0n) is 14.4. The molecule has 4 aromatic rings. The quantitative estimate of drug-likeness (QED) is 0.233. The van der Waals surface area contributed by atoms with E-state index in [-0.39, 0.29) is 0 Å². The number of nitrogens with zero attached hydrogens (tertiary/aromatic N) is 3. The molecule has 4 rings (SSSR count). The van der Waals surface area contributed by atoms with Gasteiger partial charge in [0.25, 0.3) is 0 Å². The Labute approximate surface area is 169 Å². The summed E-state index contributed by atoms with van der Waals surface area (Å²) in [5.74, 6) is 0. The van der Waals surface area contributed by atoms with Gasteiger partial charge in [-0.2, -0.15) is 5.10 Å². The number of hydrazone groups is 1. The Bertz CT molecular complexity index is 1060. The lowest BCUT2D eigenvalue weighted by Gasteiger charge is -2.09. The Morgan fingerprint density at radius 2 is 1.88 bits per heavy atom. The number of benzene rings is 2. The number of rotatable bonds is 4. The van der Waals surface area contributed by atoms with Gasteiger partial charge >= 0.3 is 0 Å².